The van der Waals surface area contributed by atoms with Crippen LogP contribution in [0, 0.1) is 11.8 Å². The van der Waals surface area contributed by atoms with Crippen LogP contribution in [-0.2, 0) is 4.79 Å². The van der Waals surface area contributed by atoms with E-state index >= 15 is 0 Å². The average molecular weight is 331 g/mol. The molecule has 0 saturated heterocycles. The van der Waals surface area contributed by atoms with E-state index in [1.165, 1.54) is 32.1 Å². The first-order valence-corrected chi connectivity index (χ1v) is 9.44. The molecule has 1 aliphatic carbocycles. The van der Waals surface area contributed by atoms with E-state index in [1.807, 2.05) is 6.92 Å². The van der Waals surface area contributed by atoms with Crippen molar-refractivity contribution < 1.29 is 9.90 Å². The Hall–Kier alpha value is -1.57. The topological polar surface area (TPSA) is 37.3 Å². The predicted molar refractivity (Wildman–Crippen MR) is 103 cm³/mol. The summed E-state index contributed by atoms with van der Waals surface area (Å²) in [6, 6.07) is 0. The van der Waals surface area contributed by atoms with Gasteiger partial charge in [-0.2, -0.15) is 0 Å². The number of hydrogen-bond acceptors (Lipinski definition) is 1. The lowest BCUT2D eigenvalue weighted by Gasteiger charge is -2.13. The van der Waals surface area contributed by atoms with Gasteiger partial charge in [0.1, 0.15) is 0 Å². The van der Waals surface area contributed by atoms with Crippen LogP contribution in [0.1, 0.15) is 72.1 Å². The fraction of sp³-hybridized carbons (Fsp3) is 0.591. The Balaban J connectivity index is 2.34. The molecule has 1 rings (SSSR count). The van der Waals surface area contributed by atoms with E-state index in [9.17, 15) is 4.79 Å². The zero-order valence-electron chi connectivity index (χ0n) is 15.6. The summed E-state index contributed by atoms with van der Waals surface area (Å²) in [5.41, 5.74) is 1.40. The van der Waals surface area contributed by atoms with Gasteiger partial charge < -0.3 is 5.11 Å². The van der Waals surface area contributed by atoms with E-state index in [2.05, 4.69) is 43.4 Å². The Kier molecular flexibility index (Phi) is 10.1. The molecule has 0 amide bonds. The number of unbranched alkanes of at least 4 members (excludes halogenated alkanes) is 4. The zero-order valence-corrected chi connectivity index (χ0v) is 15.6. The molecule has 0 radical (unpaired) electrons. The van der Waals surface area contributed by atoms with Gasteiger partial charge in [-0.25, -0.2) is 4.79 Å². The fourth-order valence-corrected chi connectivity index (χ4v) is 3.01. The van der Waals surface area contributed by atoms with Crippen LogP contribution in [0.25, 0.3) is 0 Å². The summed E-state index contributed by atoms with van der Waals surface area (Å²) >= 11 is 0. The molecule has 0 aromatic carbocycles. The first kappa shape index (κ1) is 20.5. The van der Waals surface area contributed by atoms with E-state index < -0.39 is 5.97 Å². The number of aliphatic carboxylic acids is 1. The standard InChI is InChI=1S/C22H34O2/c1-4-5-6-7-8-9-14-20-16-12-17-21(20)15-11-10-13-18(2)19(3)22(23)24/h9-12,14,17,20-21H,4-8,13,15-16H2,1-3H3,(H,23,24)/t20-,21-/m0/s1. The predicted octanol–water partition coefficient (Wildman–Crippen LogP) is 6.46. The Morgan fingerprint density at radius 1 is 1.17 bits per heavy atom. The van der Waals surface area contributed by atoms with Gasteiger partial charge in [0.15, 0.2) is 0 Å². The van der Waals surface area contributed by atoms with E-state index in [0.29, 0.717) is 17.4 Å². The maximum atomic E-state index is 10.9. The largest absolute Gasteiger partial charge is 0.478 e. The van der Waals surface area contributed by atoms with E-state index in [1.54, 1.807) is 6.92 Å². The molecule has 0 aromatic rings. The van der Waals surface area contributed by atoms with Gasteiger partial charge in [-0.3, -0.25) is 0 Å². The maximum absolute atomic E-state index is 10.9. The molecule has 2 nitrogen and oxygen atoms in total. The minimum atomic E-state index is -0.816. The molecule has 0 aliphatic heterocycles. The highest BCUT2D eigenvalue weighted by Gasteiger charge is 2.18. The summed E-state index contributed by atoms with van der Waals surface area (Å²) in [5.74, 6) is 0.417. The number of carboxylic acids is 1. The lowest BCUT2D eigenvalue weighted by molar-refractivity contribution is -0.132. The van der Waals surface area contributed by atoms with Crippen molar-refractivity contribution in [2.24, 2.45) is 11.8 Å². The lowest BCUT2D eigenvalue weighted by Crippen LogP contribution is -2.04. The monoisotopic (exact) mass is 330 g/mol. The molecule has 0 heterocycles. The zero-order chi connectivity index (χ0) is 17.8. The van der Waals surface area contributed by atoms with Crippen molar-refractivity contribution >= 4 is 5.97 Å². The fourth-order valence-electron chi connectivity index (χ4n) is 3.01. The third kappa shape index (κ3) is 7.81. The molecular formula is C22H34O2. The molecule has 1 N–H and O–H groups in total. The van der Waals surface area contributed by atoms with Gasteiger partial charge in [0, 0.05) is 5.57 Å². The third-order valence-electron chi connectivity index (χ3n) is 4.91. The minimum Gasteiger partial charge on any atom is -0.478 e. The van der Waals surface area contributed by atoms with Gasteiger partial charge in [0.2, 0.25) is 0 Å². The van der Waals surface area contributed by atoms with E-state index in [-0.39, 0.29) is 0 Å². The van der Waals surface area contributed by atoms with Crippen LogP contribution in [0.15, 0.2) is 47.6 Å². The van der Waals surface area contributed by atoms with Gasteiger partial charge >= 0.3 is 5.97 Å². The smallest absolute Gasteiger partial charge is 0.331 e. The van der Waals surface area contributed by atoms with Crippen molar-refractivity contribution in [1.82, 2.24) is 0 Å². The van der Waals surface area contributed by atoms with Gasteiger partial charge in [0.05, 0.1) is 0 Å². The molecule has 134 valence electrons. The second kappa shape index (κ2) is 11.9. The first-order chi connectivity index (χ1) is 11.6. The molecule has 0 saturated carbocycles. The summed E-state index contributed by atoms with van der Waals surface area (Å²) in [6.07, 6.45) is 23.2. The van der Waals surface area contributed by atoms with Crippen LogP contribution >= 0.6 is 0 Å². The molecule has 0 unspecified atom stereocenters. The van der Waals surface area contributed by atoms with Crippen molar-refractivity contribution in [1.29, 1.82) is 0 Å². The van der Waals surface area contributed by atoms with Crippen molar-refractivity contribution in [3.63, 3.8) is 0 Å². The number of hydrogen-bond donors (Lipinski definition) is 1. The summed E-state index contributed by atoms with van der Waals surface area (Å²) < 4.78 is 0. The van der Waals surface area contributed by atoms with Crippen molar-refractivity contribution in [2.75, 3.05) is 0 Å². The van der Waals surface area contributed by atoms with Crippen LogP contribution in [0.5, 0.6) is 0 Å². The van der Waals surface area contributed by atoms with Gasteiger partial charge in [0.25, 0.3) is 0 Å². The number of carbonyl (C=O) groups is 1. The third-order valence-corrected chi connectivity index (χ3v) is 4.91. The van der Waals surface area contributed by atoms with Crippen LogP contribution < -0.4 is 0 Å². The highest BCUT2D eigenvalue weighted by atomic mass is 16.4. The van der Waals surface area contributed by atoms with Crippen LogP contribution in [0.3, 0.4) is 0 Å². The Morgan fingerprint density at radius 2 is 1.96 bits per heavy atom. The van der Waals surface area contributed by atoms with E-state index in [4.69, 9.17) is 5.11 Å². The number of rotatable bonds is 11. The lowest BCUT2D eigenvalue weighted by atomic mass is 9.91. The highest BCUT2D eigenvalue weighted by Crippen LogP contribution is 2.30. The van der Waals surface area contributed by atoms with Crippen molar-refractivity contribution in [3.8, 4) is 0 Å². The molecule has 2 atom stereocenters. The Morgan fingerprint density at radius 3 is 2.67 bits per heavy atom. The molecule has 24 heavy (non-hydrogen) atoms. The minimum absolute atomic E-state index is 0.462. The molecule has 0 spiro atoms. The van der Waals surface area contributed by atoms with Crippen molar-refractivity contribution in [2.45, 2.75) is 72.1 Å². The number of carboxylic acid groups (broad SMARTS) is 1. The summed E-state index contributed by atoms with van der Waals surface area (Å²) in [7, 11) is 0. The van der Waals surface area contributed by atoms with Crippen LogP contribution in [-0.4, -0.2) is 11.1 Å². The van der Waals surface area contributed by atoms with Gasteiger partial charge in [-0.1, -0.05) is 68.2 Å². The van der Waals surface area contributed by atoms with Gasteiger partial charge in [-0.15, -0.1) is 0 Å². The second-order valence-corrected chi connectivity index (χ2v) is 6.89. The summed E-state index contributed by atoms with van der Waals surface area (Å²) in [5, 5.41) is 8.97. The van der Waals surface area contributed by atoms with Crippen molar-refractivity contribution in [3.05, 3.63) is 47.6 Å². The highest BCUT2D eigenvalue weighted by molar-refractivity contribution is 5.86. The SMILES string of the molecule is CCCCCCC=C[C@H]1CC=C[C@@H]1CC=CCC(C)=C(C)C(=O)O. The summed E-state index contributed by atoms with van der Waals surface area (Å²) in [6.45, 7) is 5.82. The number of allylic oxidation sites excluding steroid dienone is 7. The van der Waals surface area contributed by atoms with Crippen LogP contribution in [0.2, 0.25) is 0 Å². The Labute approximate surface area is 148 Å². The molecule has 0 fully saturated rings. The summed E-state index contributed by atoms with van der Waals surface area (Å²) in [4.78, 5) is 10.9. The quantitative estimate of drug-likeness (QED) is 0.268. The van der Waals surface area contributed by atoms with Gasteiger partial charge in [-0.05, 0) is 57.8 Å². The molecule has 0 aromatic heterocycles. The molecule has 1 aliphatic rings. The molecule has 2 heteroatoms. The molecular weight excluding hydrogens is 296 g/mol. The first-order valence-electron chi connectivity index (χ1n) is 9.44. The van der Waals surface area contributed by atoms with E-state index in [0.717, 1.165) is 24.8 Å². The Bertz CT molecular complexity index is 494. The second-order valence-electron chi connectivity index (χ2n) is 6.89. The van der Waals surface area contributed by atoms with Crippen LogP contribution in [0.4, 0.5) is 0 Å². The normalized spacial score (nSPS) is 21.8. The average Bonchev–Trinajstić information content (AvgIpc) is 3.01. The molecule has 0 bridgehead atoms. The maximum Gasteiger partial charge on any atom is 0.331 e.